The molecule has 0 saturated carbocycles. The van der Waals surface area contributed by atoms with Crippen molar-refractivity contribution < 1.29 is 9.21 Å². The molecule has 2 aromatic heterocycles. The number of nitrogen functional groups attached to an aromatic ring is 1. The zero-order valence-electron chi connectivity index (χ0n) is 13.5. The van der Waals surface area contributed by atoms with E-state index in [4.69, 9.17) is 10.2 Å². The first kappa shape index (κ1) is 17.4. The number of aromatic nitrogens is 1. The maximum absolute atomic E-state index is 12.3. The maximum atomic E-state index is 12.3. The number of pyridine rings is 1. The molecule has 1 aromatic carbocycles. The summed E-state index contributed by atoms with van der Waals surface area (Å²) in [4.78, 5) is 16.6. The van der Waals surface area contributed by atoms with Gasteiger partial charge >= 0.3 is 156 Å². The van der Waals surface area contributed by atoms with Crippen LogP contribution in [0.15, 0.2) is 53.1 Å². The Balaban J connectivity index is 1.99. The number of ketones is 1. The van der Waals surface area contributed by atoms with Crippen LogP contribution in [0.3, 0.4) is 0 Å². The van der Waals surface area contributed by atoms with Gasteiger partial charge in [-0.3, -0.25) is 0 Å². The van der Waals surface area contributed by atoms with Crippen LogP contribution in [0.2, 0.25) is 5.32 Å². The van der Waals surface area contributed by atoms with Crippen LogP contribution in [-0.2, 0) is 0 Å². The Morgan fingerprint density at radius 3 is 2.46 bits per heavy atom. The second-order valence-corrected chi connectivity index (χ2v) is 7.23. The fourth-order valence-electron chi connectivity index (χ4n) is 2.41. The first-order chi connectivity index (χ1) is 12.7. The number of rotatable bonds is 5. The molecule has 7 heteroatoms. The normalized spacial score (nSPS) is 10.1. The van der Waals surface area contributed by atoms with Gasteiger partial charge in [0.2, 0.25) is 0 Å². The molecule has 0 aliphatic rings. The molecule has 0 spiro atoms. The van der Waals surface area contributed by atoms with Crippen LogP contribution in [-0.4, -0.2) is 25.7 Å². The van der Waals surface area contributed by atoms with E-state index in [0.717, 1.165) is 0 Å². The molecule has 6 nitrogen and oxygen atoms in total. The Kier molecular flexibility index (Phi) is 5.15. The molecule has 3 rings (SSSR count). The van der Waals surface area contributed by atoms with Crippen LogP contribution in [0.1, 0.15) is 21.5 Å². The summed E-state index contributed by atoms with van der Waals surface area (Å²) in [6.45, 7) is 0. The molecule has 0 unspecified atom stereocenters. The van der Waals surface area contributed by atoms with E-state index in [1.165, 1.54) is 6.26 Å². The summed E-state index contributed by atoms with van der Waals surface area (Å²) < 4.78 is 5.80. The standard InChI is InChI=1S/C19H12N4O2Se/c20-9-13-17(16-7-4-8-25-16)14(10-21)19(23-18(13)22)26-11-15(24)12-5-2-1-3-6-12/h1-8H,11H2,(H2,22,23). The van der Waals surface area contributed by atoms with Gasteiger partial charge in [-0.2, -0.15) is 0 Å². The van der Waals surface area contributed by atoms with E-state index in [2.05, 4.69) is 11.1 Å². The molecule has 0 radical (unpaired) electrons. The van der Waals surface area contributed by atoms with Gasteiger partial charge in [0.15, 0.2) is 0 Å². The molecule has 0 aliphatic carbocycles. The van der Waals surface area contributed by atoms with E-state index in [9.17, 15) is 15.3 Å². The van der Waals surface area contributed by atoms with Gasteiger partial charge in [-0.1, -0.05) is 0 Å². The Hall–Kier alpha value is -3.38. The number of hydrogen-bond donors (Lipinski definition) is 1. The fourth-order valence-corrected chi connectivity index (χ4v) is 4.28. The number of benzene rings is 1. The third-order valence-electron chi connectivity index (χ3n) is 3.62. The number of carbonyl (C=O) groups excluding carboxylic acids is 1. The minimum atomic E-state index is -0.415. The summed E-state index contributed by atoms with van der Waals surface area (Å²) >= 11 is -0.415. The van der Waals surface area contributed by atoms with Crippen molar-refractivity contribution in [2.75, 3.05) is 5.73 Å². The molecule has 3 aromatic rings. The van der Waals surface area contributed by atoms with E-state index in [0.29, 0.717) is 21.5 Å². The third kappa shape index (κ3) is 3.36. The predicted octanol–water partition coefficient (Wildman–Crippen LogP) is 2.30. The molecule has 26 heavy (non-hydrogen) atoms. The van der Waals surface area contributed by atoms with Crippen molar-refractivity contribution in [3.63, 3.8) is 0 Å². The SMILES string of the molecule is N#Cc1c(N)nc([Se]CC(=O)c2ccccc2)c(C#N)c1-c1ccco1. The van der Waals surface area contributed by atoms with Crippen LogP contribution >= 0.6 is 0 Å². The van der Waals surface area contributed by atoms with E-state index >= 15 is 0 Å². The van der Waals surface area contributed by atoms with Gasteiger partial charge in [0.1, 0.15) is 0 Å². The van der Waals surface area contributed by atoms with Crippen LogP contribution in [0.4, 0.5) is 5.82 Å². The number of Topliss-reactive ketones (excluding diaryl/α,β-unsaturated/α-hetero) is 1. The van der Waals surface area contributed by atoms with Gasteiger partial charge in [-0.25, -0.2) is 0 Å². The second kappa shape index (κ2) is 7.67. The molecular formula is C19H12N4O2Se. The van der Waals surface area contributed by atoms with Gasteiger partial charge in [-0.05, 0) is 0 Å². The Bertz CT molecular complexity index is 1030. The Morgan fingerprint density at radius 2 is 1.85 bits per heavy atom. The summed E-state index contributed by atoms with van der Waals surface area (Å²) in [6.07, 6.45) is 1.46. The number of hydrogen-bond acceptors (Lipinski definition) is 6. The molecule has 0 saturated heterocycles. The first-order valence-electron chi connectivity index (χ1n) is 7.54. The second-order valence-electron chi connectivity index (χ2n) is 5.21. The van der Waals surface area contributed by atoms with Crippen molar-refractivity contribution in [2.45, 2.75) is 5.32 Å². The monoisotopic (exact) mass is 408 g/mol. The minimum absolute atomic E-state index is 0.0289. The zero-order valence-corrected chi connectivity index (χ0v) is 15.2. The average molecular weight is 407 g/mol. The van der Waals surface area contributed by atoms with Gasteiger partial charge in [0, 0.05) is 0 Å². The topological polar surface area (TPSA) is 117 Å². The van der Waals surface area contributed by atoms with Gasteiger partial charge in [-0.15, -0.1) is 0 Å². The molecule has 0 amide bonds. The van der Waals surface area contributed by atoms with Crippen LogP contribution < -0.4 is 10.3 Å². The van der Waals surface area contributed by atoms with Gasteiger partial charge in [0.25, 0.3) is 0 Å². The number of nitrogens with two attached hydrogens (primary N) is 1. The summed E-state index contributed by atoms with van der Waals surface area (Å²) in [5, 5.41) is 19.3. The van der Waals surface area contributed by atoms with Crippen LogP contribution in [0.5, 0.6) is 0 Å². The molecule has 126 valence electrons. The molecule has 0 fully saturated rings. The van der Waals surface area contributed by atoms with Crippen molar-refractivity contribution in [1.82, 2.24) is 4.98 Å². The van der Waals surface area contributed by atoms with Gasteiger partial charge < -0.3 is 0 Å². The molecule has 0 aliphatic heterocycles. The van der Waals surface area contributed by atoms with Crippen molar-refractivity contribution >= 4 is 31.2 Å². The van der Waals surface area contributed by atoms with Crippen molar-refractivity contribution in [3.05, 3.63) is 65.4 Å². The predicted molar refractivity (Wildman–Crippen MR) is 96.7 cm³/mol. The van der Waals surface area contributed by atoms with E-state index < -0.39 is 15.0 Å². The summed E-state index contributed by atoms with van der Waals surface area (Å²) in [7, 11) is 0. The quantitative estimate of drug-likeness (QED) is 0.512. The fraction of sp³-hybridized carbons (Fsp3) is 0.0526. The van der Waals surface area contributed by atoms with E-state index in [1.54, 1.807) is 36.4 Å². The summed E-state index contributed by atoms with van der Waals surface area (Å²) in [6, 6.07) is 16.3. The third-order valence-corrected chi connectivity index (χ3v) is 5.67. The number of nitrogens with zero attached hydrogens (tertiary/aromatic N) is 3. The molecule has 2 N–H and O–H groups in total. The van der Waals surface area contributed by atoms with Crippen molar-refractivity contribution in [2.24, 2.45) is 0 Å². The van der Waals surface area contributed by atoms with Crippen molar-refractivity contribution in [1.29, 1.82) is 10.5 Å². The molecule has 0 atom stereocenters. The Morgan fingerprint density at radius 1 is 1.12 bits per heavy atom. The number of anilines is 1. The average Bonchev–Trinajstić information content (AvgIpc) is 3.20. The number of carbonyl (C=O) groups is 1. The molecule has 2 heterocycles. The van der Waals surface area contributed by atoms with Crippen LogP contribution in [0, 0.1) is 22.7 Å². The number of furan rings is 1. The number of nitriles is 2. The van der Waals surface area contributed by atoms with E-state index in [-0.39, 0.29) is 28.0 Å². The first-order valence-corrected chi connectivity index (χ1v) is 9.61. The van der Waals surface area contributed by atoms with Crippen molar-refractivity contribution in [3.8, 4) is 23.5 Å². The molecule has 0 bridgehead atoms. The summed E-state index contributed by atoms with van der Waals surface area (Å²) in [5.41, 5.74) is 7.19. The van der Waals surface area contributed by atoms with Gasteiger partial charge in [0.05, 0.1) is 0 Å². The summed E-state index contributed by atoms with van der Waals surface area (Å²) in [5.74, 6) is 0.374. The Labute approximate surface area is 156 Å². The van der Waals surface area contributed by atoms with E-state index in [1.807, 2.05) is 12.1 Å². The zero-order chi connectivity index (χ0) is 18.5. The molecular weight excluding hydrogens is 395 g/mol. The van der Waals surface area contributed by atoms with Crippen LogP contribution in [0.25, 0.3) is 11.3 Å².